The number of nitrogens with one attached hydrogen (secondary N) is 1. The van der Waals surface area contributed by atoms with Crippen molar-refractivity contribution in [1.29, 1.82) is 0 Å². The molecular formula is C16H24N2O3. The molecule has 0 radical (unpaired) electrons. The Morgan fingerprint density at radius 1 is 1.29 bits per heavy atom. The quantitative estimate of drug-likeness (QED) is 0.798. The number of hydrogen-bond donors (Lipinski definition) is 1. The van der Waals surface area contributed by atoms with Crippen molar-refractivity contribution < 1.29 is 14.3 Å². The highest BCUT2D eigenvalue weighted by molar-refractivity contribution is 5.94. The van der Waals surface area contributed by atoms with Crippen molar-refractivity contribution >= 4 is 11.8 Å². The van der Waals surface area contributed by atoms with Crippen LogP contribution in [0.3, 0.4) is 0 Å². The van der Waals surface area contributed by atoms with Gasteiger partial charge in [-0.2, -0.15) is 0 Å². The van der Waals surface area contributed by atoms with Crippen LogP contribution in [0.25, 0.3) is 0 Å². The molecule has 0 atom stereocenters. The number of hydrogen-bond acceptors (Lipinski definition) is 3. The van der Waals surface area contributed by atoms with Crippen LogP contribution in [0.2, 0.25) is 0 Å². The van der Waals surface area contributed by atoms with Gasteiger partial charge >= 0.3 is 0 Å². The molecule has 0 fully saturated rings. The van der Waals surface area contributed by atoms with E-state index < -0.39 is 0 Å². The molecule has 116 valence electrons. The zero-order valence-electron chi connectivity index (χ0n) is 13.0. The summed E-state index contributed by atoms with van der Waals surface area (Å²) in [6.07, 6.45) is 2.02. The summed E-state index contributed by atoms with van der Waals surface area (Å²) in [5.74, 6) is 0.530. The van der Waals surface area contributed by atoms with E-state index in [0.717, 1.165) is 19.4 Å². The summed E-state index contributed by atoms with van der Waals surface area (Å²) in [5.41, 5.74) is 0.553. The Morgan fingerprint density at radius 2 is 2.05 bits per heavy atom. The van der Waals surface area contributed by atoms with Crippen LogP contribution in [-0.4, -0.2) is 43.5 Å². The van der Waals surface area contributed by atoms with Crippen molar-refractivity contribution in [1.82, 2.24) is 10.2 Å². The molecule has 1 aromatic rings. The van der Waals surface area contributed by atoms with E-state index in [-0.39, 0.29) is 11.8 Å². The largest absolute Gasteiger partial charge is 0.497 e. The maximum Gasteiger partial charge on any atom is 0.251 e. The van der Waals surface area contributed by atoms with Gasteiger partial charge in [-0.3, -0.25) is 9.59 Å². The lowest BCUT2D eigenvalue weighted by atomic mass is 10.2. The summed E-state index contributed by atoms with van der Waals surface area (Å²) in [7, 11) is 1.56. The minimum absolute atomic E-state index is 0.0408. The molecule has 0 bridgehead atoms. The molecule has 1 rings (SSSR count). The van der Waals surface area contributed by atoms with Gasteiger partial charge in [0, 0.05) is 32.1 Å². The van der Waals surface area contributed by atoms with Gasteiger partial charge in [-0.15, -0.1) is 0 Å². The van der Waals surface area contributed by atoms with Crippen LogP contribution in [0.4, 0.5) is 0 Å². The fraction of sp³-hybridized carbons (Fsp3) is 0.500. The standard InChI is InChI=1S/C16H24N2O3/c1-4-5-10-18(13(2)19)11-9-17-16(20)14-7-6-8-15(12-14)21-3/h6-8,12H,4-5,9-11H2,1-3H3,(H,17,20). The van der Waals surface area contributed by atoms with Crippen molar-refractivity contribution in [2.24, 2.45) is 0 Å². The van der Waals surface area contributed by atoms with E-state index in [9.17, 15) is 9.59 Å². The Labute approximate surface area is 126 Å². The first-order valence-corrected chi connectivity index (χ1v) is 7.26. The topological polar surface area (TPSA) is 58.6 Å². The molecule has 2 amide bonds. The Balaban J connectivity index is 2.46. The minimum Gasteiger partial charge on any atom is -0.497 e. The Kier molecular flexibility index (Phi) is 7.29. The third kappa shape index (κ3) is 5.85. The molecule has 0 aromatic heterocycles. The number of rotatable bonds is 8. The number of unbranched alkanes of at least 4 members (excludes halogenated alkanes) is 1. The highest BCUT2D eigenvalue weighted by Gasteiger charge is 2.10. The fourth-order valence-corrected chi connectivity index (χ4v) is 1.95. The van der Waals surface area contributed by atoms with E-state index in [1.165, 1.54) is 0 Å². The van der Waals surface area contributed by atoms with E-state index >= 15 is 0 Å². The van der Waals surface area contributed by atoms with E-state index in [0.29, 0.717) is 24.4 Å². The zero-order chi connectivity index (χ0) is 15.7. The van der Waals surface area contributed by atoms with Crippen molar-refractivity contribution in [3.63, 3.8) is 0 Å². The van der Waals surface area contributed by atoms with Crippen LogP contribution in [0.1, 0.15) is 37.0 Å². The maximum absolute atomic E-state index is 12.0. The van der Waals surface area contributed by atoms with Gasteiger partial charge in [-0.25, -0.2) is 0 Å². The molecular weight excluding hydrogens is 268 g/mol. The average molecular weight is 292 g/mol. The van der Waals surface area contributed by atoms with Gasteiger partial charge in [-0.1, -0.05) is 19.4 Å². The monoisotopic (exact) mass is 292 g/mol. The third-order valence-corrected chi connectivity index (χ3v) is 3.23. The van der Waals surface area contributed by atoms with Crippen LogP contribution in [0, 0.1) is 0 Å². The molecule has 5 nitrogen and oxygen atoms in total. The number of carbonyl (C=O) groups excluding carboxylic acids is 2. The van der Waals surface area contributed by atoms with Gasteiger partial charge in [-0.05, 0) is 24.6 Å². The molecule has 0 heterocycles. The minimum atomic E-state index is -0.159. The Morgan fingerprint density at radius 3 is 2.67 bits per heavy atom. The molecule has 0 saturated heterocycles. The van der Waals surface area contributed by atoms with E-state index in [2.05, 4.69) is 12.2 Å². The average Bonchev–Trinajstić information content (AvgIpc) is 2.50. The Bertz CT molecular complexity index is 474. The zero-order valence-corrected chi connectivity index (χ0v) is 13.0. The van der Waals surface area contributed by atoms with E-state index in [4.69, 9.17) is 4.74 Å². The summed E-state index contributed by atoms with van der Waals surface area (Å²) in [6.45, 7) is 5.35. The predicted molar refractivity (Wildman–Crippen MR) is 82.5 cm³/mol. The molecule has 0 unspecified atom stereocenters. The number of benzene rings is 1. The van der Waals surface area contributed by atoms with Crippen molar-refractivity contribution in [3.05, 3.63) is 29.8 Å². The van der Waals surface area contributed by atoms with Gasteiger partial charge in [0.25, 0.3) is 5.91 Å². The van der Waals surface area contributed by atoms with Crippen LogP contribution < -0.4 is 10.1 Å². The highest BCUT2D eigenvalue weighted by atomic mass is 16.5. The SMILES string of the molecule is CCCCN(CCNC(=O)c1cccc(OC)c1)C(C)=O. The number of nitrogens with zero attached hydrogens (tertiary/aromatic N) is 1. The molecule has 1 N–H and O–H groups in total. The van der Waals surface area contributed by atoms with E-state index in [1.54, 1.807) is 43.2 Å². The smallest absolute Gasteiger partial charge is 0.251 e. The highest BCUT2D eigenvalue weighted by Crippen LogP contribution is 2.12. The van der Waals surface area contributed by atoms with E-state index in [1.807, 2.05) is 0 Å². The second-order valence-electron chi connectivity index (χ2n) is 4.85. The first-order chi connectivity index (χ1) is 10.1. The van der Waals surface area contributed by atoms with Crippen LogP contribution >= 0.6 is 0 Å². The summed E-state index contributed by atoms with van der Waals surface area (Å²) in [5, 5.41) is 2.82. The summed E-state index contributed by atoms with van der Waals surface area (Å²) in [6, 6.07) is 6.99. The number of amides is 2. The molecule has 21 heavy (non-hydrogen) atoms. The van der Waals surface area contributed by atoms with Crippen molar-refractivity contribution in [2.75, 3.05) is 26.7 Å². The summed E-state index contributed by atoms with van der Waals surface area (Å²) < 4.78 is 5.09. The lowest BCUT2D eigenvalue weighted by molar-refractivity contribution is -0.128. The molecule has 1 aromatic carbocycles. The van der Waals surface area contributed by atoms with Gasteiger partial charge in [0.2, 0.25) is 5.91 Å². The van der Waals surface area contributed by atoms with Crippen LogP contribution in [-0.2, 0) is 4.79 Å². The maximum atomic E-state index is 12.0. The van der Waals surface area contributed by atoms with Gasteiger partial charge < -0.3 is 15.0 Å². The van der Waals surface area contributed by atoms with Crippen molar-refractivity contribution in [3.8, 4) is 5.75 Å². The molecule has 0 aliphatic heterocycles. The first-order valence-electron chi connectivity index (χ1n) is 7.26. The number of carbonyl (C=O) groups is 2. The molecule has 0 saturated carbocycles. The fourth-order valence-electron chi connectivity index (χ4n) is 1.95. The van der Waals surface area contributed by atoms with Gasteiger partial charge in [0.15, 0.2) is 0 Å². The predicted octanol–water partition coefficient (Wildman–Crippen LogP) is 2.07. The lowest BCUT2D eigenvalue weighted by Gasteiger charge is -2.20. The molecule has 5 heteroatoms. The molecule has 0 aliphatic rings. The van der Waals surface area contributed by atoms with Gasteiger partial charge in [0.05, 0.1) is 7.11 Å². The molecule has 0 spiro atoms. The second kappa shape index (κ2) is 9.00. The first kappa shape index (κ1) is 17.0. The number of methoxy groups -OCH3 is 1. The van der Waals surface area contributed by atoms with Crippen LogP contribution in [0.5, 0.6) is 5.75 Å². The second-order valence-corrected chi connectivity index (χ2v) is 4.85. The molecule has 0 aliphatic carbocycles. The van der Waals surface area contributed by atoms with Crippen molar-refractivity contribution in [2.45, 2.75) is 26.7 Å². The lowest BCUT2D eigenvalue weighted by Crippen LogP contribution is -2.38. The number of ether oxygens (including phenoxy) is 1. The van der Waals surface area contributed by atoms with Crippen LogP contribution in [0.15, 0.2) is 24.3 Å². The summed E-state index contributed by atoms with van der Waals surface area (Å²) >= 11 is 0. The normalized spacial score (nSPS) is 10.0. The summed E-state index contributed by atoms with van der Waals surface area (Å²) in [4.78, 5) is 25.2. The third-order valence-electron chi connectivity index (χ3n) is 3.23. The van der Waals surface area contributed by atoms with Gasteiger partial charge in [0.1, 0.15) is 5.75 Å². The Hall–Kier alpha value is -2.04.